The van der Waals surface area contributed by atoms with Gasteiger partial charge in [0.25, 0.3) is 0 Å². The molecule has 0 aliphatic carbocycles. The predicted molar refractivity (Wildman–Crippen MR) is 125 cm³/mol. The molecule has 4 rings (SSSR count). The number of hydrogen-bond acceptors (Lipinski definition) is 4. The molecule has 0 bridgehead atoms. The summed E-state index contributed by atoms with van der Waals surface area (Å²) in [6.45, 7) is 2.70. The van der Waals surface area contributed by atoms with Crippen LogP contribution in [0.2, 0.25) is 0 Å². The molecule has 158 valence electrons. The average molecular weight is 415 g/mol. The summed E-state index contributed by atoms with van der Waals surface area (Å²) in [5, 5.41) is 10.0. The van der Waals surface area contributed by atoms with Crippen LogP contribution < -0.4 is 10.5 Å². The van der Waals surface area contributed by atoms with Crippen molar-refractivity contribution < 1.29 is 14.6 Å². The molecule has 5 heteroatoms. The first-order valence-corrected chi connectivity index (χ1v) is 10.0. The summed E-state index contributed by atoms with van der Waals surface area (Å²) < 4.78 is 5.02. The van der Waals surface area contributed by atoms with E-state index in [9.17, 15) is 9.90 Å². The van der Waals surface area contributed by atoms with Crippen LogP contribution in [0.25, 0.3) is 22.2 Å². The van der Waals surface area contributed by atoms with Crippen molar-refractivity contribution in [2.45, 2.75) is 13.3 Å². The number of hydrogen-bond donors (Lipinski definition) is 2. The number of para-hydroxylation sites is 1. The number of carbonyl (C=O) groups is 1. The maximum Gasteiger partial charge on any atom is 0.336 e. The Balaban J connectivity index is 0.000000210. The van der Waals surface area contributed by atoms with E-state index >= 15 is 0 Å². The molecule has 0 saturated heterocycles. The number of benzene rings is 3. The summed E-state index contributed by atoms with van der Waals surface area (Å²) in [5.74, 6) is -0.0386. The van der Waals surface area contributed by atoms with Crippen LogP contribution in [0.4, 0.5) is 0 Å². The molecule has 0 saturated carbocycles. The van der Waals surface area contributed by atoms with Crippen LogP contribution in [0.3, 0.4) is 0 Å². The zero-order chi connectivity index (χ0) is 22.2. The van der Waals surface area contributed by atoms with E-state index in [4.69, 9.17) is 10.5 Å². The van der Waals surface area contributed by atoms with E-state index in [1.54, 1.807) is 19.2 Å². The van der Waals surface area contributed by atoms with Gasteiger partial charge in [0.1, 0.15) is 5.75 Å². The second kappa shape index (κ2) is 10.4. The summed E-state index contributed by atoms with van der Waals surface area (Å²) in [4.78, 5) is 16.0. The zero-order valence-corrected chi connectivity index (χ0v) is 17.7. The van der Waals surface area contributed by atoms with Crippen molar-refractivity contribution in [1.29, 1.82) is 0 Å². The number of fused-ring (bicyclic) bond motifs is 1. The number of pyridine rings is 1. The zero-order valence-electron chi connectivity index (χ0n) is 17.7. The van der Waals surface area contributed by atoms with Gasteiger partial charge in [-0.05, 0) is 55.8 Å². The number of carboxylic acids is 1. The minimum absolute atomic E-state index is 0.284. The van der Waals surface area contributed by atoms with Gasteiger partial charge in [0.05, 0.1) is 23.9 Å². The molecule has 0 unspecified atom stereocenters. The quantitative estimate of drug-likeness (QED) is 0.474. The Kier molecular flexibility index (Phi) is 7.35. The third-order valence-corrected chi connectivity index (χ3v) is 4.85. The second-order valence-electron chi connectivity index (χ2n) is 7.13. The van der Waals surface area contributed by atoms with Crippen LogP contribution in [-0.2, 0) is 6.42 Å². The second-order valence-corrected chi connectivity index (χ2v) is 7.13. The lowest BCUT2D eigenvalue weighted by Gasteiger charge is -2.07. The Labute approximate surface area is 182 Å². The molecule has 0 fully saturated rings. The molecule has 0 spiro atoms. The minimum Gasteiger partial charge on any atom is -0.497 e. The van der Waals surface area contributed by atoms with Gasteiger partial charge in [0, 0.05) is 10.9 Å². The molecular weight excluding hydrogens is 388 g/mol. The maximum atomic E-state index is 11.4. The van der Waals surface area contributed by atoms with Gasteiger partial charge >= 0.3 is 5.97 Å². The fourth-order valence-electron chi connectivity index (χ4n) is 3.26. The molecule has 3 N–H and O–H groups in total. The molecule has 0 aliphatic heterocycles. The first-order chi connectivity index (χ1) is 15.0. The van der Waals surface area contributed by atoms with Crippen molar-refractivity contribution in [2.75, 3.05) is 13.7 Å². The van der Waals surface area contributed by atoms with Gasteiger partial charge in [-0.25, -0.2) is 9.78 Å². The SMILES string of the molecule is COc1ccc(CCN)cc1.Cc1cccc(-c2cc(C(=O)O)c3ccccc3n2)c1. The number of nitrogens with two attached hydrogens (primary N) is 1. The standard InChI is InChI=1S/C17H13NO2.C9H13NO/c1-11-5-4-6-12(9-11)16-10-14(17(19)20)13-7-2-3-8-15(13)18-16;1-11-9-4-2-8(3-5-9)6-7-10/h2-10H,1H3,(H,19,20);2-5H,6-7,10H2,1H3. The normalized spacial score (nSPS) is 10.3. The monoisotopic (exact) mass is 414 g/mol. The first kappa shape index (κ1) is 22.0. The van der Waals surface area contributed by atoms with Crippen molar-refractivity contribution in [2.24, 2.45) is 5.73 Å². The highest BCUT2D eigenvalue weighted by molar-refractivity contribution is 6.03. The molecular formula is C26H26N2O3. The van der Waals surface area contributed by atoms with Gasteiger partial charge in [-0.1, -0.05) is 54.1 Å². The van der Waals surface area contributed by atoms with E-state index < -0.39 is 5.97 Å². The third-order valence-electron chi connectivity index (χ3n) is 4.85. The van der Waals surface area contributed by atoms with E-state index in [0.717, 1.165) is 23.3 Å². The van der Waals surface area contributed by atoms with Crippen LogP contribution in [0, 0.1) is 6.92 Å². The molecule has 3 aromatic carbocycles. The van der Waals surface area contributed by atoms with Crippen molar-refractivity contribution >= 4 is 16.9 Å². The number of methoxy groups -OCH3 is 1. The maximum absolute atomic E-state index is 11.4. The van der Waals surface area contributed by atoms with E-state index in [-0.39, 0.29) is 5.56 Å². The largest absolute Gasteiger partial charge is 0.497 e. The third kappa shape index (κ3) is 5.68. The van der Waals surface area contributed by atoms with Gasteiger partial charge in [0.15, 0.2) is 0 Å². The Hall–Kier alpha value is -3.70. The minimum atomic E-state index is -0.933. The van der Waals surface area contributed by atoms with E-state index in [0.29, 0.717) is 23.1 Å². The van der Waals surface area contributed by atoms with E-state index in [2.05, 4.69) is 4.98 Å². The molecule has 1 aromatic heterocycles. The molecule has 1 heterocycles. The van der Waals surface area contributed by atoms with Gasteiger partial charge in [0.2, 0.25) is 0 Å². The number of aromatic carboxylic acids is 1. The average Bonchev–Trinajstić information content (AvgIpc) is 2.79. The van der Waals surface area contributed by atoms with Gasteiger partial charge in [-0.3, -0.25) is 0 Å². The number of nitrogens with zero attached hydrogens (tertiary/aromatic N) is 1. The first-order valence-electron chi connectivity index (χ1n) is 10.0. The van der Waals surface area contributed by atoms with E-state index in [1.165, 1.54) is 5.56 Å². The summed E-state index contributed by atoms with van der Waals surface area (Å²) in [6.07, 6.45) is 0.935. The van der Waals surface area contributed by atoms with Gasteiger partial charge in [-0.15, -0.1) is 0 Å². The molecule has 0 atom stereocenters. The smallest absolute Gasteiger partial charge is 0.336 e. The highest BCUT2D eigenvalue weighted by Gasteiger charge is 2.12. The Morgan fingerprint density at radius 3 is 2.39 bits per heavy atom. The molecule has 31 heavy (non-hydrogen) atoms. The van der Waals surface area contributed by atoms with Gasteiger partial charge < -0.3 is 15.6 Å². The Morgan fingerprint density at radius 1 is 1.00 bits per heavy atom. The topological polar surface area (TPSA) is 85.4 Å². The summed E-state index contributed by atoms with van der Waals surface area (Å²) in [5.41, 5.74) is 10.4. The van der Waals surface area contributed by atoms with Gasteiger partial charge in [-0.2, -0.15) is 0 Å². The van der Waals surface area contributed by atoms with Crippen molar-refractivity contribution in [3.05, 3.63) is 95.6 Å². The number of aryl methyl sites for hydroxylation is 1. The summed E-state index contributed by atoms with van der Waals surface area (Å²) >= 11 is 0. The van der Waals surface area contributed by atoms with Crippen LogP contribution >= 0.6 is 0 Å². The Bertz CT molecular complexity index is 1170. The summed E-state index contributed by atoms with van der Waals surface area (Å²) in [7, 11) is 1.66. The summed E-state index contributed by atoms with van der Waals surface area (Å²) in [6, 6.07) is 24.8. The van der Waals surface area contributed by atoms with Crippen LogP contribution in [0.5, 0.6) is 5.75 Å². The highest BCUT2D eigenvalue weighted by Crippen LogP contribution is 2.25. The Morgan fingerprint density at radius 2 is 1.74 bits per heavy atom. The van der Waals surface area contributed by atoms with Crippen molar-refractivity contribution in [1.82, 2.24) is 4.98 Å². The predicted octanol–water partition coefficient (Wildman–Crippen LogP) is 5.10. The fourth-order valence-corrected chi connectivity index (χ4v) is 3.26. The van der Waals surface area contributed by atoms with E-state index in [1.807, 2.05) is 73.7 Å². The number of carboxylic acid groups (broad SMARTS) is 1. The van der Waals surface area contributed by atoms with Crippen LogP contribution in [-0.4, -0.2) is 29.7 Å². The lowest BCUT2D eigenvalue weighted by molar-refractivity contribution is 0.0699. The molecule has 0 amide bonds. The number of ether oxygens (including phenoxy) is 1. The lowest BCUT2D eigenvalue weighted by atomic mass is 10.0. The van der Waals surface area contributed by atoms with Crippen LogP contribution in [0.1, 0.15) is 21.5 Å². The molecule has 0 aliphatic rings. The van der Waals surface area contributed by atoms with Crippen molar-refractivity contribution in [3.8, 4) is 17.0 Å². The fraction of sp³-hybridized carbons (Fsp3) is 0.154. The lowest BCUT2D eigenvalue weighted by Crippen LogP contribution is -2.02. The number of aromatic nitrogens is 1. The van der Waals surface area contributed by atoms with Crippen LogP contribution in [0.15, 0.2) is 78.9 Å². The van der Waals surface area contributed by atoms with Crippen molar-refractivity contribution in [3.63, 3.8) is 0 Å². The molecule has 5 nitrogen and oxygen atoms in total. The molecule has 0 radical (unpaired) electrons. The molecule has 4 aromatic rings. The number of rotatable bonds is 5. The highest BCUT2D eigenvalue weighted by atomic mass is 16.5.